The fraction of sp³-hybridized carbons (Fsp3) is 0.500. The Bertz CT molecular complexity index is 569. The number of aliphatic hydroxyl groups is 1. The molecule has 1 fully saturated rings. The van der Waals surface area contributed by atoms with Gasteiger partial charge in [0.15, 0.2) is 0 Å². The number of aliphatic hydroxyl groups excluding tert-OH is 1. The van der Waals surface area contributed by atoms with Gasteiger partial charge >= 0.3 is 0 Å². The summed E-state index contributed by atoms with van der Waals surface area (Å²) >= 11 is 0. The van der Waals surface area contributed by atoms with Crippen molar-refractivity contribution in [3.8, 4) is 0 Å². The molecule has 0 radical (unpaired) electrons. The van der Waals surface area contributed by atoms with E-state index in [0.717, 1.165) is 0 Å². The van der Waals surface area contributed by atoms with Gasteiger partial charge in [-0.3, -0.25) is 0 Å². The largest absolute Gasteiger partial charge is 0.398 e. The van der Waals surface area contributed by atoms with Crippen LogP contribution in [-0.2, 0) is 10.0 Å². The van der Waals surface area contributed by atoms with Gasteiger partial charge in [0.25, 0.3) is 0 Å². The minimum Gasteiger partial charge on any atom is -0.398 e. The highest BCUT2D eigenvalue weighted by molar-refractivity contribution is 7.89. The Hall–Kier alpha value is -1.11. The quantitative estimate of drug-likeness (QED) is 0.773. The lowest BCUT2D eigenvalue weighted by atomic mass is 10.1. The van der Waals surface area contributed by atoms with Gasteiger partial charge < -0.3 is 10.8 Å². The fourth-order valence-corrected chi connectivity index (χ4v) is 4.25. The van der Waals surface area contributed by atoms with Crippen molar-refractivity contribution >= 4 is 15.7 Å². The van der Waals surface area contributed by atoms with Crippen molar-refractivity contribution in [2.75, 3.05) is 18.8 Å². The molecule has 0 spiro atoms. The summed E-state index contributed by atoms with van der Waals surface area (Å²) in [5.74, 6) is 0. The second-order valence-electron chi connectivity index (χ2n) is 4.73. The predicted molar refractivity (Wildman–Crippen MR) is 69.7 cm³/mol. The van der Waals surface area contributed by atoms with Crippen molar-refractivity contribution in [1.82, 2.24) is 4.31 Å². The average Bonchev–Trinajstić information content (AvgIpc) is 2.71. The van der Waals surface area contributed by atoms with Crippen LogP contribution in [0.3, 0.4) is 0 Å². The molecule has 1 aromatic carbocycles. The van der Waals surface area contributed by atoms with E-state index in [1.165, 1.54) is 4.31 Å². The monoisotopic (exact) mass is 270 g/mol. The van der Waals surface area contributed by atoms with Gasteiger partial charge in [-0.1, -0.05) is 6.07 Å². The number of hydrogen-bond donors (Lipinski definition) is 2. The van der Waals surface area contributed by atoms with Crippen LogP contribution in [0.1, 0.15) is 17.5 Å². The smallest absolute Gasteiger partial charge is 0.243 e. The van der Waals surface area contributed by atoms with E-state index in [1.54, 1.807) is 26.0 Å². The van der Waals surface area contributed by atoms with Gasteiger partial charge in [-0.05, 0) is 37.5 Å². The minimum absolute atomic E-state index is 0.163. The molecular formula is C12H18N2O3S. The number of anilines is 1. The molecule has 1 heterocycles. The summed E-state index contributed by atoms with van der Waals surface area (Å²) in [6.45, 7) is 3.99. The Kier molecular flexibility index (Phi) is 3.35. The van der Waals surface area contributed by atoms with E-state index in [0.29, 0.717) is 29.8 Å². The molecule has 0 amide bonds. The fourth-order valence-electron chi connectivity index (χ4n) is 2.30. The molecule has 3 N–H and O–H groups in total. The molecule has 0 saturated carbocycles. The molecule has 1 atom stereocenters. The average molecular weight is 270 g/mol. The lowest BCUT2D eigenvalue weighted by Crippen LogP contribution is -2.31. The Balaban J connectivity index is 2.51. The molecule has 0 bridgehead atoms. The standard InChI is InChI=1S/C12H18N2O3S/c1-8-3-4-11(13)9(2)12(8)18(16,17)14-6-5-10(15)7-14/h3-4,10,15H,5-7,13H2,1-2H3/t10-/m1/s1. The highest BCUT2D eigenvalue weighted by Gasteiger charge is 2.33. The Morgan fingerprint density at radius 2 is 2.06 bits per heavy atom. The Morgan fingerprint density at radius 3 is 2.61 bits per heavy atom. The second-order valence-corrected chi connectivity index (χ2v) is 6.61. The van der Waals surface area contributed by atoms with Gasteiger partial charge in [0.05, 0.1) is 11.0 Å². The molecule has 1 aromatic rings. The number of aryl methyl sites for hydroxylation is 1. The number of nitrogens with two attached hydrogens (primary N) is 1. The third kappa shape index (κ3) is 2.11. The van der Waals surface area contributed by atoms with E-state index in [-0.39, 0.29) is 11.4 Å². The highest BCUT2D eigenvalue weighted by Crippen LogP contribution is 2.29. The Morgan fingerprint density at radius 1 is 1.39 bits per heavy atom. The molecule has 5 nitrogen and oxygen atoms in total. The van der Waals surface area contributed by atoms with Gasteiger partial charge in [-0.2, -0.15) is 4.31 Å². The third-order valence-electron chi connectivity index (χ3n) is 3.37. The summed E-state index contributed by atoms with van der Waals surface area (Å²) in [4.78, 5) is 0.275. The molecule has 1 aliphatic heterocycles. The topological polar surface area (TPSA) is 83.6 Å². The zero-order valence-corrected chi connectivity index (χ0v) is 11.4. The van der Waals surface area contributed by atoms with Gasteiger partial charge in [0.2, 0.25) is 10.0 Å². The van der Waals surface area contributed by atoms with Crippen LogP contribution in [-0.4, -0.2) is 37.0 Å². The first-order chi connectivity index (χ1) is 8.34. The van der Waals surface area contributed by atoms with E-state index in [2.05, 4.69) is 0 Å². The number of nitrogen functional groups attached to an aromatic ring is 1. The number of nitrogens with zero attached hydrogens (tertiary/aromatic N) is 1. The van der Waals surface area contributed by atoms with Crippen LogP contribution in [0.15, 0.2) is 17.0 Å². The molecule has 1 saturated heterocycles. The van der Waals surface area contributed by atoms with E-state index in [1.807, 2.05) is 0 Å². The zero-order valence-electron chi connectivity index (χ0n) is 10.5. The molecule has 0 aliphatic carbocycles. The first-order valence-corrected chi connectivity index (χ1v) is 7.32. The number of benzene rings is 1. The van der Waals surface area contributed by atoms with Crippen molar-refractivity contribution in [3.05, 3.63) is 23.3 Å². The van der Waals surface area contributed by atoms with Crippen molar-refractivity contribution in [2.45, 2.75) is 31.3 Å². The normalized spacial score (nSPS) is 21.4. The number of sulfonamides is 1. The molecule has 6 heteroatoms. The molecule has 0 aromatic heterocycles. The maximum atomic E-state index is 12.5. The van der Waals surface area contributed by atoms with Crippen LogP contribution in [0.2, 0.25) is 0 Å². The molecular weight excluding hydrogens is 252 g/mol. The lowest BCUT2D eigenvalue weighted by molar-refractivity contribution is 0.189. The van der Waals surface area contributed by atoms with E-state index in [9.17, 15) is 13.5 Å². The molecule has 0 unspecified atom stereocenters. The van der Waals surface area contributed by atoms with Crippen LogP contribution < -0.4 is 5.73 Å². The second kappa shape index (κ2) is 4.53. The summed E-state index contributed by atoms with van der Waals surface area (Å²) < 4.78 is 26.4. The van der Waals surface area contributed by atoms with Gasteiger partial charge in [0, 0.05) is 18.8 Å². The maximum absolute atomic E-state index is 12.5. The highest BCUT2D eigenvalue weighted by atomic mass is 32.2. The summed E-state index contributed by atoms with van der Waals surface area (Å²) in [6.07, 6.45) is -0.0824. The van der Waals surface area contributed by atoms with Crippen molar-refractivity contribution in [2.24, 2.45) is 0 Å². The summed E-state index contributed by atoms with van der Waals surface area (Å²) in [7, 11) is -3.56. The van der Waals surface area contributed by atoms with Crippen molar-refractivity contribution in [1.29, 1.82) is 0 Å². The predicted octanol–water partition coefficient (Wildman–Crippen LogP) is 0.641. The zero-order chi connectivity index (χ0) is 13.5. The van der Waals surface area contributed by atoms with Crippen LogP contribution in [0.4, 0.5) is 5.69 Å². The Labute approximate surface area is 107 Å². The molecule has 18 heavy (non-hydrogen) atoms. The van der Waals surface area contributed by atoms with Crippen molar-refractivity contribution < 1.29 is 13.5 Å². The number of rotatable bonds is 2. The van der Waals surface area contributed by atoms with Gasteiger partial charge in [-0.15, -0.1) is 0 Å². The van der Waals surface area contributed by atoms with Crippen molar-refractivity contribution in [3.63, 3.8) is 0 Å². The first-order valence-electron chi connectivity index (χ1n) is 5.88. The van der Waals surface area contributed by atoms with Crippen LogP contribution in [0.25, 0.3) is 0 Å². The number of β-amino-alcohol motifs (C(OH)–C–C–N with tert-alkyl or cyclic N) is 1. The van der Waals surface area contributed by atoms with Crippen LogP contribution in [0.5, 0.6) is 0 Å². The van der Waals surface area contributed by atoms with E-state index >= 15 is 0 Å². The summed E-state index contributed by atoms with van der Waals surface area (Å²) in [5, 5.41) is 9.47. The van der Waals surface area contributed by atoms with E-state index in [4.69, 9.17) is 5.73 Å². The van der Waals surface area contributed by atoms with Crippen LogP contribution >= 0.6 is 0 Å². The molecule has 100 valence electrons. The molecule has 1 aliphatic rings. The summed E-state index contributed by atoms with van der Waals surface area (Å²) in [5.41, 5.74) is 7.51. The molecule has 2 rings (SSSR count). The van der Waals surface area contributed by atoms with E-state index < -0.39 is 16.1 Å². The summed E-state index contributed by atoms with van der Waals surface area (Å²) in [6, 6.07) is 3.42. The number of hydrogen-bond acceptors (Lipinski definition) is 4. The van der Waals surface area contributed by atoms with Gasteiger partial charge in [-0.25, -0.2) is 8.42 Å². The van der Waals surface area contributed by atoms with Gasteiger partial charge in [0.1, 0.15) is 0 Å². The first kappa shape index (κ1) is 13.3. The SMILES string of the molecule is Cc1ccc(N)c(C)c1S(=O)(=O)N1CC[C@@H](O)C1. The maximum Gasteiger partial charge on any atom is 0.243 e. The van der Waals surface area contributed by atoms with Crippen LogP contribution in [0, 0.1) is 13.8 Å². The third-order valence-corrected chi connectivity index (χ3v) is 5.52. The minimum atomic E-state index is -3.56. The lowest BCUT2D eigenvalue weighted by Gasteiger charge is -2.19.